The van der Waals surface area contributed by atoms with E-state index in [2.05, 4.69) is 43.0 Å². The molecular weight excluding hydrogens is 369 g/mol. The number of rotatable bonds is 4. The molecule has 1 unspecified atom stereocenters. The molecule has 2 aromatic carbocycles. The van der Waals surface area contributed by atoms with Crippen molar-refractivity contribution in [2.45, 2.75) is 45.1 Å². The summed E-state index contributed by atoms with van der Waals surface area (Å²) in [5.74, 6) is 0.480. The zero-order valence-electron chi connectivity index (χ0n) is 16.9. The Kier molecular flexibility index (Phi) is 4.94. The van der Waals surface area contributed by atoms with Crippen LogP contribution in [-0.2, 0) is 16.8 Å². The molecule has 1 amide bonds. The van der Waals surface area contributed by atoms with E-state index in [1.54, 1.807) is 23.1 Å². The number of likely N-dealkylation sites (tertiary alicyclic amines) is 1. The quantitative estimate of drug-likeness (QED) is 0.645. The van der Waals surface area contributed by atoms with E-state index in [1.165, 1.54) is 11.6 Å². The number of carbonyl (C=O) groups excluding carboxylic acids is 1. The van der Waals surface area contributed by atoms with Gasteiger partial charge in [0.1, 0.15) is 5.82 Å². The molecule has 0 radical (unpaired) electrons. The highest BCUT2D eigenvalue weighted by Crippen LogP contribution is 2.30. The van der Waals surface area contributed by atoms with Crippen molar-refractivity contribution in [3.8, 4) is 11.5 Å². The highest BCUT2D eigenvalue weighted by atomic mass is 19.1. The minimum absolute atomic E-state index is 0.0286. The van der Waals surface area contributed by atoms with Gasteiger partial charge in [-0.05, 0) is 29.2 Å². The molecule has 1 saturated heterocycles. The topological polar surface area (TPSA) is 59.2 Å². The van der Waals surface area contributed by atoms with Crippen LogP contribution in [0.15, 0.2) is 53.1 Å². The molecule has 2 heterocycles. The van der Waals surface area contributed by atoms with Crippen LogP contribution in [-0.4, -0.2) is 27.5 Å². The summed E-state index contributed by atoms with van der Waals surface area (Å²) >= 11 is 0. The Morgan fingerprint density at radius 2 is 1.86 bits per heavy atom. The Labute approximate surface area is 169 Å². The predicted octanol–water partition coefficient (Wildman–Crippen LogP) is 4.69. The first-order chi connectivity index (χ1) is 13.8. The lowest BCUT2D eigenvalue weighted by atomic mass is 9.87. The molecule has 0 N–H and O–H groups in total. The molecule has 3 aromatic rings. The third-order valence-corrected chi connectivity index (χ3v) is 5.34. The maximum absolute atomic E-state index is 13.9. The van der Waals surface area contributed by atoms with E-state index >= 15 is 0 Å². The summed E-state index contributed by atoms with van der Waals surface area (Å²) in [6.45, 7) is 7.20. The summed E-state index contributed by atoms with van der Waals surface area (Å²) in [7, 11) is 0. The maximum atomic E-state index is 13.9. The van der Waals surface area contributed by atoms with Crippen LogP contribution in [0.3, 0.4) is 0 Å². The molecule has 1 atom stereocenters. The zero-order chi connectivity index (χ0) is 20.6. The molecule has 1 fully saturated rings. The van der Waals surface area contributed by atoms with Gasteiger partial charge in [0.15, 0.2) is 5.82 Å². The fraction of sp³-hybridized carbons (Fsp3) is 0.348. The molecule has 5 nitrogen and oxygen atoms in total. The summed E-state index contributed by atoms with van der Waals surface area (Å²) in [6.07, 6.45) is 0.302. The van der Waals surface area contributed by atoms with E-state index in [9.17, 15) is 9.18 Å². The van der Waals surface area contributed by atoms with E-state index in [4.69, 9.17) is 4.52 Å². The Balaban J connectivity index is 1.47. The molecule has 0 bridgehead atoms. The van der Waals surface area contributed by atoms with Gasteiger partial charge >= 0.3 is 0 Å². The second-order valence-corrected chi connectivity index (χ2v) is 8.55. The average Bonchev–Trinajstić information content (AvgIpc) is 3.30. The van der Waals surface area contributed by atoms with E-state index in [1.807, 2.05) is 12.1 Å². The molecule has 0 saturated carbocycles. The van der Waals surface area contributed by atoms with Crippen molar-refractivity contribution in [3.05, 3.63) is 71.3 Å². The predicted molar refractivity (Wildman–Crippen MR) is 108 cm³/mol. The van der Waals surface area contributed by atoms with E-state index in [0.29, 0.717) is 30.2 Å². The molecule has 0 spiro atoms. The molecular formula is C23H24FN3O2. The fourth-order valence-electron chi connectivity index (χ4n) is 3.56. The average molecular weight is 393 g/mol. The Hall–Kier alpha value is -3.02. The Bertz CT molecular complexity index is 1020. The highest BCUT2D eigenvalue weighted by molar-refractivity contribution is 5.79. The molecule has 1 aliphatic rings. The van der Waals surface area contributed by atoms with Crippen LogP contribution in [0.2, 0.25) is 0 Å². The van der Waals surface area contributed by atoms with E-state index in [0.717, 1.165) is 5.56 Å². The van der Waals surface area contributed by atoms with Gasteiger partial charge in [0, 0.05) is 36.6 Å². The van der Waals surface area contributed by atoms with Crippen molar-refractivity contribution in [1.82, 2.24) is 15.0 Å². The largest absolute Gasteiger partial charge is 0.337 e. The summed E-state index contributed by atoms with van der Waals surface area (Å²) in [5.41, 5.74) is 2.66. The SMILES string of the molecule is CC(C)(C)c1ccc(-c2nc(C3CC(=O)N(Cc4ccccc4F)C3)no2)cc1. The number of hydrogen-bond donors (Lipinski definition) is 0. The van der Waals surface area contributed by atoms with Crippen LogP contribution in [0.25, 0.3) is 11.5 Å². The lowest BCUT2D eigenvalue weighted by molar-refractivity contribution is -0.128. The lowest BCUT2D eigenvalue weighted by Gasteiger charge is -2.18. The van der Waals surface area contributed by atoms with Crippen LogP contribution in [0.5, 0.6) is 0 Å². The Morgan fingerprint density at radius 1 is 1.14 bits per heavy atom. The second-order valence-electron chi connectivity index (χ2n) is 8.55. The number of nitrogens with zero attached hydrogens (tertiary/aromatic N) is 3. The maximum Gasteiger partial charge on any atom is 0.257 e. The molecule has 4 rings (SSSR count). The molecule has 0 aliphatic carbocycles. The van der Waals surface area contributed by atoms with Crippen LogP contribution >= 0.6 is 0 Å². The normalized spacial score (nSPS) is 17.2. The van der Waals surface area contributed by atoms with Crippen LogP contribution in [0.4, 0.5) is 4.39 Å². The molecule has 6 heteroatoms. The first-order valence-electron chi connectivity index (χ1n) is 9.77. The summed E-state index contributed by atoms with van der Waals surface area (Å²) in [6, 6.07) is 14.6. The van der Waals surface area contributed by atoms with Crippen molar-refractivity contribution in [1.29, 1.82) is 0 Å². The molecule has 1 aromatic heterocycles. The van der Waals surface area contributed by atoms with Gasteiger partial charge in [0.2, 0.25) is 5.91 Å². The van der Waals surface area contributed by atoms with Gasteiger partial charge < -0.3 is 9.42 Å². The number of hydrogen-bond acceptors (Lipinski definition) is 4. The monoisotopic (exact) mass is 393 g/mol. The zero-order valence-corrected chi connectivity index (χ0v) is 16.9. The van der Waals surface area contributed by atoms with Gasteiger partial charge in [-0.15, -0.1) is 0 Å². The summed E-state index contributed by atoms with van der Waals surface area (Å²) < 4.78 is 19.4. The number of halogens is 1. The summed E-state index contributed by atoms with van der Waals surface area (Å²) in [4.78, 5) is 18.6. The van der Waals surface area contributed by atoms with Gasteiger partial charge in [-0.3, -0.25) is 4.79 Å². The van der Waals surface area contributed by atoms with Gasteiger partial charge in [0.25, 0.3) is 5.89 Å². The lowest BCUT2D eigenvalue weighted by Crippen LogP contribution is -2.25. The van der Waals surface area contributed by atoms with E-state index in [-0.39, 0.29) is 29.6 Å². The van der Waals surface area contributed by atoms with Gasteiger partial charge in [-0.1, -0.05) is 56.3 Å². The minimum atomic E-state index is -0.302. The highest BCUT2D eigenvalue weighted by Gasteiger charge is 2.34. The van der Waals surface area contributed by atoms with Crippen molar-refractivity contribution < 1.29 is 13.7 Å². The van der Waals surface area contributed by atoms with Crippen LogP contribution < -0.4 is 0 Å². The second kappa shape index (κ2) is 7.43. The van der Waals surface area contributed by atoms with Gasteiger partial charge in [0.05, 0.1) is 0 Å². The first kappa shape index (κ1) is 19.3. The first-order valence-corrected chi connectivity index (χ1v) is 9.77. The molecule has 1 aliphatic heterocycles. The molecule has 150 valence electrons. The van der Waals surface area contributed by atoms with Crippen molar-refractivity contribution in [2.24, 2.45) is 0 Å². The number of aromatic nitrogens is 2. The van der Waals surface area contributed by atoms with Crippen molar-refractivity contribution in [2.75, 3.05) is 6.54 Å². The van der Waals surface area contributed by atoms with Crippen molar-refractivity contribution >= 4 is 5.91 Å². The Morgan fingerprint density at radius 3 is 2.55 bits per heavy atom. The van der Waals surface area contributed by atoms with Crippen LogP contribution in [0, 0.1) is 5.82 Å². The fourth-order valence-corrected chi connectivity index (χ4v) is 3.56. The number of benzene rings is 2. The third-order valence-electron chi connectivity index (χ3n) is 5.34. The smallest absolute Gasteiger partial charge is 0.257 e. The standard InChI is InChI=1S/C23H24FN3O2/c1-23(2,3)18-10-8-15(9-11-18)22-25-21(26-29-22)17-12-20(28)27(14-17)13-16-6-4-5-7-19(16)24/h4-11,17H,12-14H2,1-3H3. The number of amides is 1. The van der Waals surface area contributed by atoms with E-state index < -0.39 is 0 Å². The number of carbonyl (C=O) groups is 1. The van der Waals surface area contributed by atoms with Gasteiger partial charge in [-0.25, -0.2) is 4.39 Å². The van der Waals surface area contributed by atoms with Crippen LogP contribution in [0.1, 0.15) is 50.1 Å². The van der Waals surface area contributed by atoms with Gasteiger partial charge in [-0.2, -0.15) is 4.98 Å². The molecule has 29 heavy (non-hydrogen) atoms. The third kappa shape index (κ3) is 4.06. The minimum Gasteiger partial charge on any atom is -0.337 e. The summed E-state index contributed by atoms with van der Waals surface area (Å²) in [5, 5.41) is 4.10. The van der Waals surface area contributed by atoms with Crippen molar-refractivity contribution in [3.63, 3.8) is 0 Å².